The fourth-order valence-electron chi connectivity index (χ4n) is 2.22. The van der Waals surface area contributed by atoms with E-state index < -0.39 is 18.0 Å². The standard InChI is InChI=1S/C20H20O4/c1-14-8-10-17(11-9-14)12-13-20(24-16(3)22)18-6-4-5-7-19(18)23-15(2)21/h4-13,20H,1-3H3. The SMILES string of the molecule is CC(=O)Oc1ccccc1C(C=Cc1ccc(C)cc1)OC(C)=O. The monoisotopic (exact) mass is 324 g/mol. The molecule has 0 heterocycles. The quantitative estimate of drug-likeness (QED) is 0.610. The predicted octanol–water partition coefficient (Wildman–Crippen LogP) is 4.24. The number of hydrogen-bond acceptors (Lipinski definition) is 4. The number of ether oxygens (including phenoxy) is 2. The number of benzene rings is 2. The van der Waals surface area contributed by atoms with E-state index >= 15 is 0 Å². The summed E-state index contributed by atoms with van der Waals surface area (Å²) in [6.07, 6.45) is 3.01. The van der Waals surface area contributed by atoms with E-state index in [2.05, 4.69) is 0 Å². The Hall–Kier alpha value is -2.88. The van der Waals surface area contributed by atoms with Crippen molar-refractivity contribution in [2.75, 3.05) is 0 Å². The van der Waals surface area contributed by atoms with Gasteiger partial charge in [-0.15, -0.1) is 0 Å². The molecule has 0 fully saturated rings. The fourth-order valence-corrected chi connectivity index (χ4v) is 2.22. The van der Waals surface area contributed by atoms with Gasteiger partial charge in [-0.2, -0.15) is 0 Å². The largest absolute Gasteiger partial charge is 0.453 e. The highest BCUT2D eigenvalue weighted by molar-refractivity contribution is 5.70. The van der Waals surface area contributed by atoms with Gasteiger partial charge in [0.05, 0.1) is 0 Å². The van der Waals surface area contributed by atoms with Crippen molar-refractivity contribution in [3.63, 3.8) is 0 Å². The number of carbonyl (C=O) groups is 2. The van der Waals surface area contributed by atoms with Gasteiger partial charge >= 0.3 is 11.9 Å². The summed E-state index contributed by atoms with van der Waals surface area (Å²) >= 11 is 0. The minimum Gasteiger partial charge on any atom is -0.453 e. The third-order valence-corrected chi connectivity index (χ3v) is 3.31. The zero-order valence-electron chi connectivity index (χ0n) is 14.0. The highest BCUT2D eigenvalue weighted by Crippen LogP contribution is 2.29. The van der Waals surface area contributed by atoms with E-state index in [0.29, 0.717) is 11.3 Å². The first-order chi connectivity index (χ1) is 11.5. The van der Waals surface area contributed by atoms with E-state index in [9.17, 15) is 9.59 Å². The lowest BCUT2D eigenvalue weighted by atomic mass is 10.1. The molecular formula is C20H20O4. The van der Waals surface area contributed by atoms with Gasteiger partial charge in [-0.25, -0.2) is 0 Å². The van der Waals surface area contributed by atoms with Gasteiger partial charge < -0.3 is 9.47 Å². The molecule has 2 rings (SSSR count). The second-order valence-corrected chi connectivity index (χ2v) is 5.43. The topological polar surface area (TPSA) is 52.6 Å². The Morgan fingerprint density at radius 3 is 2.25 bits per heavy atom. The van der Waals surface area contributed by atoms with Crippen LogP contribution >= 0.6 is 0 Å². The Kier molecular flexibility index (Phi) is 5.90. The molecule has 0 aliphatic carbocycles. The van der Waals surface area contributed by atoms with E-state index in [4.69, 9.17) is 9.47 Å². The molecule has 4 heteroatoms. The average molecular weight is 324 g/mol. The van der Waals surface area contributed by atoms with Crippen molar-refractivity contribution >= 4 is 18.0 Å². The molecule has 4 nitrogen and oxygen atoms in total. The number of para-hydroxylation sites is 1. The first kappa shape index (κ1) is 17.5. The van der Waals surface area contributed by atoms with Gasteiger partial charge in [-0.1, -0.05) is 54.1 Å². The smallest absolute Gasteiger partial charge is 0.308 e. The van der Waals surface area contributed by atoms with Crippen molar-refractivity contribution in [1.29, 1.82) is 0 Å². The first-order valence-corrected chi connectivity index (χ1v) is 7.65. The van der Waals surface area contributed by atoms with Gasteiger partial charge in [0.1, 0.15) is 11.9 Å². The van der Waals surface area contributed by atoms with Crippen molar-refractivity contribution in [1.82, 2.24) is 0 Å². The highest BCUT2D eigenvalue weighted by Gasteiger charge is 2.17. The van der Waals surface area contributed by atoms with E-state index in [1.165, 1.54) is 19.4 Å². The van der Waals surface area contributed by atoms with Crippen LogP contribution in [-0.2, 0) is 14.3 Å². The Bertz CT molecular complexity index is 744. The summed E-state index contributed by atoms with van der Waals surface area (Å²) in [7, 11) is 0. The molecule has 0 aromatic heterocycles. The lowest BCUT2D eigenvalue weighted by Crippen LogP contribution is -2.10. The van der Waals surface area contributed by atoms with Gasteiger partial charge in [-0.05, 0) is 24.6 Å². The predicted molar refractivity (Wildman–Crippen MR) is 92.5 cm³/mol. The minimum atomic E-state index is -0.639. The highest BCUT2D eigenvalue weighted by atomic mass is 16.6. The molecule has 0 bridgehead atoms. The molecule has 1 unspecified atom stereocenters. The Morgan fingerprint density at radius 2 is 1.62 bits per heavy atom. The second-order valence-electron chi connectivity index (χ2n) is 5.43. The third-order valence-electron chi connectivity index (χ3n) is 3.31. The molecule has 1 atom stereocenters. The maximum atomic E-state index is 11.5. The molecule has 0 spiro atoms. The van der Waals surface area contributed by atoms with E-state index in [1.54, 1.807) is 30.3 Å². The summed E-state index contributed by atoms with van der Waals surface area (Å²) in [5.41, 5.74) is 2.78. The Labute approximate surface area is 141 Å². The number of rotatable bonds is 5. The summed E-state index contributed by atoms with van der Waals surface area (Å²) in [4.78, 5) is 22.7. The summed E-state index contributed by atoms with van der Waals surface area (Å²) in [6, 6.07) is 15.0. The van der Waals surface area contributed by atoms with Crippen LogP contribution < -0.4 is 4.74 Å². The van der Waals surface area contributed by atoms with Crippen LogP contribution in [0.1, 0.15) is 36.6 Å². The zero-order valence-corrected chi connectivity index (χ0v) is 14.0. The van der Waals surface area contributed by atoms with E-state index in [0.717, 1.165) is 5.56 Å². The molecule has 124 valence electrons. The fraction of sp³-hybridized carbons (Fsp3) is 0.200. The molecule has 24 heavy (non-hydrogen) atoms. The summed E-state index contributed by atoms with van der Waals surface area (Å²) in [6.45, 7) is 4.70. The number of hydrogen-bond donors (Lipinski definition) is 0. The Balaban J connectivity index is 2.33. The Morgan fingerprint density at radius 1 is 0.958 bits per heavy atom. The maximum Gasteiger partial charge on any atom is 0.308 e. The maximum absolute atomic E-state index is 11.5. The van der Waals surface area contributed by atoms with Gasteiger partial charge in [0.25, 0.3) is 0 Å². The van der Waals surface area contributed by atoms with E-state index in [1.807, 2.05) is 37.3 Å². The third kappa shape index (κ3) is 5.09. The molecule has 0 N–H and O–H groups in total. The lowest BCUT2D eigenvalue weighted by Gasteiger charge is -2.16. The lowest BCUT2D eigenvalue weighted by molar-refractivity contribution is -0.144. The average Bonchev–Trinajstić information content (AvgIpc) is 2.53. The van der Waals surface area contributed by atoms with Crippen molar-refractivity contribution in [3.05, 3.63) is 71.3 Å². The molecule has 0 aliphatic rings. The molecule has 2 aromatic carbocycles. The molecule has 0 amide bonds. The zero-order chi connectivity index (χ0) is 17.5. The normalized spacial score (nSPS) is 12.0. The molecular weight excluding hydrogens is 304 g/mol. The van der Waals surface area contributed by atoms with Crippen LogP contribution in [0.3, 0.4) is 0 Å². The molecule has 0 saturated heterocycles. The van der Waals surface area contributed by atoms with Gasteiger partial charge in [0.2, 0.25) is 0 Å². The van der Waals surface area contributed by atoms with Crippen LogP contribution in [0.4, 0.5) is 0 Å². The van der Waals surface area contributed by atoms with Crippen LogP contribution in [0.5, 0.6) is 5.75 Å². The van der Waals surface area contributed by atoms with Crippen LogP contribution in [0.2, 0.25) is 0 Å². The van der Waals surface area contributed by atoms with Crippen LogP contribution in [0.25, 0.3) is 6.08 Å². The first-order valence-electron chi connectivity index (χ1n) is 7.65. The van der Waals surface area contributed by atoms with Gasteiger partial charge in [0.15, 0.2) is 0 Å². The van der Waals surface area contributed by atoms with Gasteiger partial charge in [-0.3, -0.25) is 9.59 Å². The van der Waals surface area contributed by atoms with Crippen molar-refractivity contribution < 1.29 is 19.1 Å². The van der Waals surface area contributed by atoms with Crippen LogP contribution in [0.15, 0.2) is 54.6 Å². The van der Waals surface area contributed by atoms with Crippen molar-refractivity contribution in [2.45, 2.75) is 26.9 Å². The summed E-state index contributed by atoms with van der Waals surface area (Å²) in [5, 5.41) is 0. The number of carbonyl (C=O) groups excluding carboxylic acids is 2. The molecule has 2 aromatic rings. The van der Waals surface area contributed by atoms with Crippen LogP contribution in [-0.4, -0.2) is 11.9 Å². The molecule has 0 radical (unpaired) electrons. The summed E-state index contributed by atoms with van der Waals surface area (Å²) < 4.78 is 10.6. The summed E-state index contributed by atoms with van der Waals surface area (Å²) in [5.74, 6) is -0.456. The van der Waals surface area contributed by atoms with Crippen molar-refractivity contribution in [3.8, 4) is 5.75 Å². The second kappa shape index (κ2) is 8.11. The van der Waals surface area contributed by atoms with Gasteiger partial charge in [0, 0.05) is 19.4 Å². The van der Waals surface area contributed by atoms with Crippen molar-refractivity contribution in [2.24, 2.45) is 0 Å². The van der Waals surface area contributed by atoms with E-state index in [-0.39, 0.29) is 0 Å². The molecule has 0 saturated carbocycles. The number of aryl methyl sites for hydroxylation is 1. The molecule has 0 aliphatic heterocycles. The minimum absolute atomic E-state index is 0.379. The number of esters is 2. The van der Waals surface area contributed by atoms with Crippen LogP contribution in [0, 0.1) is 6.92 Å².